The second-order valence-corrected chi connectivity index (χ2v) is 5.10. The molecule has 0 unspecified atom stereocenters. The van der Waals surface area contributed by atoms with Gasteiger partial charge in [-0.15, -0.1) is 0 Å². The number of piperidine rings is 1. The standard InChI is InChI=1S/C14H20N2O4/c1-10(17)11-3-4-13(14(9-11)16(18)19)15-7-5-12(20-2)6-8-15/h3-4,9-10,12,17H,5-8H2,1-2H3/t10-/m0/s1. The van der Waals surface area contributed by atoms with Crippen LogP contribution in [0.2, 0.25) is 0 Å². The van der Waals surface area contributed by atoms with Crippen LogP contribution in [0.3, 0.4) is 0 Å². The van der Waals surface area contributed by atoms with Crippen molar-refractivity contribution in [3.63, 3.8) is 0 Å². The lowest BCUT2D eigenvalue weighted by Crippen LogP contribution is -2.36. The number of methoxy groups -OCH3 is 1. The Hall–Kier alpha value is -1.66. The Kier molecular flexibility index (Phi) is 4.57. The molecule has 0 amide bonds. The molecule has 0 saturated carbocycles. The van der Waals surface area contributed by atoms with E-state index in [-0.39, 0.29) is 16.7 Å². The summed E-state index contributed by atoms with van der Waals surface area (Å²) in [6.45, 7) is 3.09. The largest absolute Gasteiger partial charge is 0.389 e. The van der Waals surface area contributed by atoms with Crippen LogP contribution >= 0.6 is 0 Å². The van der Waals surface area contributed by atoms with E-state index in [9.17, 15) is 15.2 Å². The van der Waals surface area contributed by atoms with Crippen LogP contribution in [0.5, 0.6) is 0 Å². The quantitative estimate of drug-likeness (QED) is 0.676. The van der Waals surface area contributed by atoms with Gasteiger partial charge < -0.3 is 14.7 Å². The average Bonchev–Trinajstić information content (AvgIpc) is 2.46. The molecule has 6 heteroatoms. The van der Waals surface area contributed by atoms with Crippen LogP contribution in [-0.4, -0.2) is 36.3 Å². The molecule has 110 valence electrons. The van der Waals surface area contributed by atoms with Crippen LogP contribution in [0.15, 0.2) is 18.2 Å². The average molecular weight is 280 g/mol. The predicted octanol–water partition coefficient (Wildman–Crippen LogP) is 2.26. The maximum Gasteiger partial charge on any atom is 0.292 e. The third-order valence-corrected chi connectivity index (χ3v) is 3.79. The van der Waals surface area contributed by atoms with Gasteiger partial charge in [0.05, 0.1) is 17.1 Å². The van der Waals surface area contributed by atoms with E-state index in [1.807, 2.05) is 4.90 Å². The molecule has 1 aromatic rings. The topological polar surface area (TPSA) is 75.8 Å². The van der Waals surface area contributed by atoms with Crippen molar-refractivity contribution in [2.75, 3.05) is 25.1 Å². The minimum atomic E-state index is -0.707. The van der Waals surface area contributed by atoms with Crippen molar-refractivity contribution in [2.45, 2.75) is 32.0 Å². The number of ether oxygens (including phenoxy) is 1. The fraction of sp³-hybridized carbons (Fsp3) is 0.571. The predicted molar refractivity (Wildman–Crippen MR) is 76.0 cm³/mol. The van der Waals surface area contributed by atoms with Gasteiger partial charge in [0.25, 0.3) is 5.69 Å². The summed E-state index contributed by atoms with van der Waals surface area (Å²) >= 11 is 0. The van der Waals surface area contributed by atoms with E-state index in [1.165, 1.54) is 6.07 Å². The van der Waals surface area contributed by atoms with E-state index in [1.54, 1.807) is 26.2 Å². The molecule has 2 rings (SSSR count). The van der Waals surface area contributed by atoms with Gasteiger partial charge in [-0.1, -0.05) is 6.07 Å². The molecule has 6 nitrogen and oxygen atoms in total. The second-order valence-electron chi connectivity index (χ2n) is 5.10. The van der Waals surface area contributed by atoms with Gasteiger partial charge in [0.2, 0.25) is 0 Å². The van der Waals surface area contributed by atoms with Gasteiger partial charge in [-0.05, 0) is 31.4 Å². The summed E-state index contributed by atoms with van der Waals surface area (Å²) in [6.07, 6.45) is 1.27. The normalized spacial score (nSPS) is 18.1. The van der Waals surface area contributed by atoms with Gasteiger partial charge in [0, 0.05) is 26.3 Å². The second kappa shape index (κ2) is 6.19. The first kappa shape index (κ1) is 14.7. The number of aliphatic hydroxyl groups excluding tert-OH is 1. The molecule has 1 fully saturated rings. The highest BCUT2D eigenvalue weighted by Crippen LogP contribution is 2.33. The van der Waals surface area contributed by atoms with Gasteiger partial charge in [0.15, 0.2) is 0 Å². The number of anilines is 1. The number of hydrogen-bond donors (Lipinski definition) is 1. The Morgan fingerprint density at radius 1 is 1.45 bits per heavy atom. The van der Waals surface area contributed by atoms with Crippen LogP contribution < -0.4 is 4.90 Å². The number of rotatable bonds is 4. The van der Waals surface area contributed by atoms with Crippen LogP contribution in [0.4, 0.5) is 11.4 Å². The number of nitro groups is 1. The van der Waals surface area contributed by atoms with Crippen molar-refractivity contribution in [3.05, 3.63) is 33.9 Å². The molecular weight excluding hydrogens is 260 g/mol. The Bertz CT molecular complexity index is 482. The molecule has 0 aliphatic carbocycles. The minimum Gasteiger partial charge on any atom is -0.389 e. The number of nitrogens with zero attached hydrogens (tertiary/aromatic N) is 2. The zero-order valence-corrected chi connectivity index (χ0v) is 11.8. The first-order valence-electron chi connectivity index (χ1n) is 6.77. The van der Waals surface area contributed by atoms with Gasteiger partial charge >= 0.3 is 0 Å². The van der Waals surface area contributed by atoms with Crippen LogP contribution in [0.25, 0.3) is 0 Å². The summed E-state index contributed by atoms with van der Waals surface area (Å²) < 4.78 is 5.31. The Labute approximate surface area is 118 Å². The number of hydrogen-bond acceptors (Lipinski definition) is 5. The third-order valence-electron chi connectivity index (χ3n) is 3.79. The lowest BCUT2D eigenvalue weighted by atomic mass is 10.0. The summed E-state index contributed by atoms with van der Waals surface area (Å²) in [5, 5.41) is 20.8. The van der Waals surface area contributed by atoms with Crippen molar-refractivity contribution in [3.8, 4) is 0 Å². The first-order valence-corrected chi connectivity index (χ1v) is 6.77. The summed E-state index contributed by atoms with van der Waals surface area (Å²) in [6, 6.07) is 4.94. The highest BCUT2D eigenvalue weighted by molar-refractivity contribution is 5.64. The van der Waals surface area contributed by atoms with Crippen molar-refractivity contribution in [1.82, 2.24) is 0 Å². The Morgan fingerprint density at radius 3 is 2.60 bits per heavy atom. The van der Waals surface area contributed by atoms with Crippen LogP contribution in [0.1, 0.15) is 31.4 Å². The fourth-order valence-electron chi connectivity index (χ4n) is 2.55. The van der Waals surface area contributed by atoms with Crippen LogP contribution in [-0.2, 0) is 4.74 Å². The highest BCUT2D eigenvalue weighted by Gasteiger charge is 2.25. The molecule has 0 spiro atoms. The smallest absolute Gasteiger partial charge is 0.292 e. The number of benzene rings is 1. The molecule has 1 N–H and O–H groups in total. The molecule has 0 radical (unpaired) electrons. The van der Waals surface area contributed by atoms with Crippen molar-refractivity contribution in [1.29, 1.82) is 0 Å². The summed E-state index contributed by atoms with van der Waals surface area (Å²) in [7, 11) is 1.69. The molecular formula is C14H20N2O4. The van der Waals surface area contributed by atoms with Gasteiger partial charge in [-0.25, -0.2) is 0 Å². The van der Waals surface area contributed by atoms with Gasteiger partial charge in [-0.2, -0.15) is 0 Å². The van der Waals surface area contributed by atoms with Gasteiger partial charge in [-0.3, -0.25) is 10.1 Å². The minimum absolute atomic E-state index is 0.0549. The molecule has 1 aliphatic heterocycles. The van der Waals surface area contributed by atoms with Crippen LogP contribution in [0, 0.1) is 10.1 Å². The van der Waals surface area contributed by atoms with E-state index in [2.05, 4.69) is 0 Å². The summed E-state index contributed by atoms with van der Waals surface area (Å²) in [5.74, 6) is 0. The van der Waals surface area contributed by atoms with Crippen molar-refractivity contribution in [2.24, 2.45) is 0 Å². The molecule has 1 aromatic carbocycles. The molecule has 0 aromatic heterocycles. The Balaban J connectivity index is 2.25. The maximum atomic E-state index is 11.2. The van der Waals surface area contributed by atoms with E-state index in [0.717, 1.165) is 25.9 Å². The lowest BCUT2D eigenvalue weighted by molar-refractivity contribution is -0.384. The molecule has 1 saturated heterocycles. The zero-order valence-electron chi connectivity index (χ0n) is 11.8. The van der Waals surface area contributed by atoms with Crippen molar-refractivity contribution >= 4 is 11.4 Å². The summed E-state index contributed by atoms with van der Waals surface area (Å²) in [5.41, 5.74) is 1.24. The van der Waals surface area contributed by atoms with E-state index in [4.69, 9.17) is 4.74 Å². The third kappa shape index (κ3) is 3.08. The molecule has 1 aliphatic rings. The number of aliphatic hydroxyl groups is 1. The molecule has 20 heavy (non-hydrogen) atoms. The van der Waals surface area contributed by atoms with E-state index in [0.29, 0.717) is 11.3 Å². The molecule has 1 heterocycles. The zero-order chi connectivity index (χ0) is 14.7. The highest BCUT2D eigenvalue weighted by atomic mass is 16.6. The fourth-order valence-corrected chi connectivity index (χ4v) is 2.55. The molecule has 0 bridgehead atoms. The first-order chi connectivity index (χ1) is 9.52. The SMILES string of the molecule is COC1CCN(c2ccc([C@H](C)O)cc2[N+](=O)[O-])CC1. The Morgan fingerprint density at radius 2 is 2.10 bits per heavy atom. The van der Waals surface area contributed by atoms with Crippen molar-refractivity contribution < 1.29 is 14.8 Å². The lowest BCUT2D eigenvalue weighted by Gasteiger charge is -2.32. The monoisotopic (exact) mass is 280 g/mol. The van der Waals surface area contributed by atoms with Gasteiger partial charge in [0.1, 0.15) is 5.69 Å². The van der Waals surface area contributed by atoms with E-state index >= 15 is 0 Å². The van der Waals surface area contributed by atoms with E-state index < -0.39 is 6.10 Å². The molecule has 1 atom stereocenters. The number of nitro benzene ring substituents is 1. The maximum absolute atomic E-state index is 11.2. The summed E-state index contributed by atoms with van der Waals surface area (Å²) in [4.78, 5) is 12.9.